The van der Waals surface area contributed by atoms with Gasteiger partial charge in [0.1, 0.15) is 0 Å². The monoisotopic (exact) mass is 234 g/mol. The predicted molar refractivity (Wildman–Crippen MR) is 64.9 cm³/mol. The second-order valence-electron chi connectivity index (χ2n) is 4.38. The minimum atomic E-state index is -0.0292. The first kappa shape index (κ1) is 12.1. The Hall–Kier alpha value is -1.39. The Morgan fingerprint density at radius 1 is 1.47 bits per heavy atom. The van der Waals surface area contributed by atoms with Crippen LogP contribution < -0.4 is 10.8 Å². The van der Waals surface area contributed by atoms with Crippen LogP contribution in [0.3, 0.4) is 0 Å². The standard InChI is InChI=1S/C13H18N2O2/c1-10-12(7-8-14-10)13(16)15-17-9-11-5-3-2-4-6-11/h2-6,10,12,14H,7-9H2,1H3,(H,15,16). The molecule has 0 radical (unpaired) electrons. The first-order chi connectivity index (χ1) is 8.27. The van der Waals surface area contributed by atoms with E-state index in [1.54, 1.807) is 0 Å². The summed E-state index contributed by atoms with van der Waals surface area (Å²) in [6.07, 6.45) is 0.877. The molecule has 0 spiro atoms. The van der Waals surface area contributed by atoms with Gasteiger partial charge in [0.25, 0.3) is 0 Å². The number of carbonyl (C=O) groups is 1. The number of hydrogen-bond acceptors (Lipinski definition) is 3. The van der Waals surface area contributed by atoms with Crippen LogP contribution in [-0.2, 0) is 16.2 Å². The van der Waals surface area contributed by atoms with Crippen LogP contribution in [0.1, 0.15) is 18.9 Å². The number of hydroxylamine groups is 1. The summed E-state index contributed by atoms with van der Waals surface area (Å²) in [6.45, 7) is 3.33. The minimum absolute atomic E-state index is 0.0192. The number of rotatable bonds is 4. The molecule has 0 aromatic heterocycles. The molecule has 0 bridgehead atoms. The molecule has 2 N–H and O–H groups in total. The van der Waals surface area contributed by atoms with E-state index < -0.39 is 0 Å². The molecule has 1 aliphatic heterocycles. The van der Waals surface area contributed by atoms with Crippen LogP contribution in [0.5, 0.6) is 0 Å². The van der Waals surface area contributed by atoms with Gasteiger partial charge in [-0.2, -0.15) is 0 Å². The second kappa shape index (κ2) is 5.80. The zero-order chi connectivity index (χ0) is 12.1. The van der Waals surface area contributed by atoms with Crippen LogP contribution in [0.15, 0.2) is 30.3 Å². The Kier molecular flexibility index (Phi) is 4.12. The lowest BCUT2D eigenvalue weighted by Gasteiger charge is -2.14. The molecule has 2 atom stereocenters. The Morgan fingerprint density at radius 2 is 2.24 bits per heavy atom. The molecule has 4 heteroatoms. The summed E-state index contributed by atoms with van der Waals surface area (Å²) in [5.41, 5.74) is 3.57. The maximum absolute atomic E-state index is 11.8. The van der Waals surface area contributed by atoms with Crippen LogP contribution in [0.25, 0.3) is 0 Å². The van der Waals surface area contributed by atoms with Gasteiger partial charge >= 0.3 is 0 Å². The van der Waals surface area contributed by atoms with Gasteiger partial charge in [-0.05, 0) is 25.5 Å². The van der Waals surface area contributed by atoms with E-state index in [0.29, 0.717) is 6.61 Å². The molecule has 1 aromatic carbocycles. The molecule has 92 valence electrons. The highest BCUT2D eigenvalue weighted by Crippen LogP contribution is 2.14. The molecule has 4 nitrogen and oxygen atoms in total. The van der Waals surface area contributed by atoms with Crippen molar-refractivity contribution >= 4 is 5.91 Å². The maximum atomic E-state index is 11.8. The second-order valence-corrected chi connectivity index (χ2v) is 4.38. The Labute approximate surface area is 101 Å². The summed E-state index contributed by atoms with van der Waals surface area (Å²) < 4.78 is 0. The number of carbonyl (C=O) groups excluding carboxylic acids is 1. The van der Waals surface area contributed by atoms with E-state index in [2.05, 4.69) is 10.8 Å². The van der Waals surface area contributed by atoms with Gasteiger partial charge in [0, 0.05) is 6.04 Å². The summed E-state index contributed by atoms with van der Waals surface area (Å²) >= 11 is 0. The van der Waals surface area contributed by atoms with Crippen LogP contribution >= 0.6 is 0 Å². The average Bonchev–Trinajstić information content (AvgIpc) is 2.77. The largest absolute Gasteiger partial charge is 0.313 e. The molecule has 0 saturated carbocycles. The van der Waals surface area contributed by atoms with Crippen molar-refractivity contribution in [3.8, 4) is 0 Å². The molecule has 1 amide bonds. The van der Waals surface area contributed by atoms with Crippen molar-refractivity contribution in [3.63, 3.8) is 0 Å². The highest BCUT2D eigenvalue weighted by atomic mass is 16.6. The highest BCUT2D eigenvalue weighted by molar-refractivity contribution is 5.78. The quantitative estimate of drug-likeness (QED) is 0.770. The molecular formula is C13H18N2O2. The van der Waals surface area contributed by atoms with Crippen molar-refractivity contribution in [1.29, 1.82) is 0 Å². The number of amides is 1. The van der Waals surface area contributed by atoms with Crippen molar-refractivity contribution in [2.45, 2.75) is 26.0 Å². The molecule has 1 aliphatic rings. The first-order valence-corrected chi connectivity index (χ1v) is 5.96. The van der Waals surface area contributed by atoms with Crippen molar-refractivity contribution in [2.75, 3.05) is 6.54 Å². The normalized spacial score (nSPS) is 23.6. The third-order valence-corrected chi connectivity index (χ3v) is 3.12. The summed E-state index contributed by atoms with van der Waals surface area (Å²) in [4.78, 5) is 17.0. The average molecular weight is 234 g/mol. The summed E-state index contributed by atoms with van der Waals surface area (Å²) in [7, 11) is 0. The fourth-order valence-corrected chi connectivity index (χ4v) is 2.06. The zero-order valence-corrected chi connectivity index (χ0v) is 9.98. The van der Waals surface area contributed by atoms with Gasteiger partial charge in [0.05, 0.1) is 12.5 Å². The minimum Gasteiger partial charge on any atom is -0.313 e. The van der Waals surface area contributed by atoms with Gasteiger partial charge in [-0.1, -0.05) is 30.3 Å². The Bertz CT molecular complexity index is 367. The topological polar surface area (TPSA) is 50.4 Å². The molecule has 17 heavy (non-hydrogen) atoms. The van der Waals surface area contributed by atoms with Crippen molar-refractivity contribution in [2.24, 2.45) is 5.92 Å². The van der Waals surface area contributed by atoms with Crippen LogP contribution in [0.4, 0.5) is 0 Å². The summed E-state index contributed by atoms with van der Waals surface area (Å²) in [5, 5.41) is 3.24. The SMILES string of the molecule is CC1NCCC1C(=O)NOCc1ccccc1. The van der Waals surface area contributed by atoms with Gasteiger partial charge in [-0.25, -0.2) is 5.48 Å². The lowest BCUT2D eigenvalue weighted by molar-refractivity contribution is -0.138. The van der Waals surface area contributed by atoms with Crippen LogP contribution in [-0.4, -0.2) is 18.5 Å². The van der Waals surface area contributed by atoms with E-state index >= 15 is 0 Å². The molecule has 1 aromatic rings. The maximum Gasteiger partial charge on any atom is 0.248 e. The fraction of sp³-hybridized carbons (Fsp3) is 0.462. The predicted octanol–water partition coefficient (Wildman–Crippen LogP) is 1.23. The van der Waals surface area contributed by atoms with E-state index in [0.717, 1.165) is 18.5 Å². The molecule has 1 fully saturated rings. The van der Waals surface area contributed by atoms with E-state index in [1.165, 1.54) is 0 Å². The highest BCUT2D eigenvalue weighted by Gasteiger charge is 2.29. The van der Waals surface area contributed by atoms with Crippen molar-refractivity contribution in [1.82, 2.24) is 10.8 Å². The smallest absolute Gasteiger partial charge is 0.248 e. The van der Waals surface area contributed by atoms with Crippen molar-refractivity contribution < 1.29 is 9.63 Å². The zero-order valence-electron chi connectivity index (χ0n) is 9.98. The summed E-state index contributed by atoms with van der Waals surface area (Å²) in [6, 6.07) is 10.0. The molecular weight excluding hydrogens is 216 g/mol. The van der Waals surface area contributed by atoms with E-state index in [1.807, 2.05) is 37.3 Å². The first-order valence-electron chi connectivity index (χ1n) is 5.96. The Morgan fingerprint density at radius 3 is 2.88 bits per heavy atom. The van der Waals surface area contributed by atoms with Gasteiger partial charge in [-0.3, -0.25) is 9.63 Å². The lowest BCUT2D eigenvalue weighted by atomic mass is 10.0. The van der Waals surface area contributed by atoms with Gasteiger partial charge in [-0.15, -0.1) is 0 Å². The molecule has 1 heterocycles. The fourth-order valence-electron chi connectivity index (χ4n) is 2.06. The number of benzene rings is 1. The van der Waals surface area contributed by atoms with E-state index in [9.17, 15) is 4.79 Å². The van der Waals surface area contributed by atoms with Crippen LogP contribution in [0.2, 0.25) is 0 Å². The molecule has 0 aliphatic carbocycles. The summed E-state index contributed by atoms with van der Waals surface area (Å²) in [5.74, 6) is -0.01000. The molecule has 2 rings (SSSR count). The van der Waals surface area contributed by atoms with E-state index in [4.69, 9.17) is 4.84 Å². The number of nitrogens with one attached hydrogen (secondary N) is 2. The van der Waals surface area contributed by atoms with Gasteiger partial charge < -0.3 is 5.32 Å². The van der Waals surface area contributed by atoms with Gasteiger partial charge in [0.15, 0.2) is 0 Å². The number of hydrogen-bond donors (Lipinski definition) is 2. The third kappa shape index (κ3) is 3.28. The van der Waals surface area contributed by atoms with Gasteiger partial charge in [0.2, 0.25) is 5.91 Å². The Balaban J connectivity index is 1.73. The van der Waals surface area contributed by atoms with Crippen LogP contribution in [0, 0.1) is 5.92 Å². The van der Waals surface area contributed by atoms with E-state index in [-0.39, 0.29) is 17.9 Å². The molecule has 1 saturated heterocycles. The lowest BCUT2D eigenvalue weighted by Crippen LogP contribution is -2.36. The van der Waals surface area contributed by atoms with Crippen molar-refractivity contribution in [3.05, 3.63) is 35.9 Å². The third-order valence-electron chi connectivity index (χ3n) is 3.12. The molecule has 2 unspecified atom stereocenters.